The summed E-state index contributed by atoms with van der Waals surface area (Å²) >= 11 is 3.25. The number of benzene rings is 3. The first-order valence-corrected chi connectivity index (χ1v) is 12.5. The topological polar surface area (TPSA) is 111 Å². The molecule has 0 radical (unpaired) electrons. The van der Waals surface area contributed by atoms with E-state index in [0.29, 0.717) is 40.3 Å². The number of rotatable bonds is 7. The Morgan fingerprint density at radius 1 is 0.973 bits per heavy atom. The van der Waals surface area contributed by atoms with Crippen LogP contribution in [0.15, 0.2) is 65.1 Å². The minimum Gasteiger partial charge on any atom is -0.497 e. The SMILES string of the molecule is COc1cc(OC)cc(C(=O)N2CCC(c3ccc(NC(=O)c4cc(Br)ccc4[N+](=O)[O-])cc3)CC2)c1. The fourth-order valence-electron chi connectivity index (χ4n) is 4.42. The number of halogens is 1. The van der Waals surface area contributed by atoms with Gasteiger partial charge in [-0.1, -0.05) is 28.1 Å². The molecule has 192 valence electrons. The van der Waals surface area contributed by atoms with Crippen molar-refractivity contribution < 1.29 is 24.0 Å². The largest absolute Gasteiger partial charge is 0.497 e. The van der Waals surface area contributed by atoms with E-state index >= 15 is 0 Å². The van der Waals surface area contributed by atoms with Crippen molar-refractivity contribution >= 4 is 39.1 Å². The second kappa shape index (κ2) is 11.4. The lowest BCUT2D eigenvalue weighted by Gasteiger charge is -2.32. The molecule has 1 aliphatic rings. The van der Waals surface area contributed by atoms with E-state index in [-0.39, 0.29) is 23.1 Å². The van der Waals surface area contributed by atoms with Crippen LogP contribution >= 0.6 is 15.9 Å². The molecule has 10 heteroatoms. The Balaban J connectivity index is 1.38. The van der Waals surface area contributed by atoms with Crippen LogP contribution in [0.1, 0.15) is 45.0 Å². The molecular weight excluding hydrogens is 542 g/mol. The van der Waals surface area contributed by atoms with Crippen molar-refractivity contribution in [3.63, 3.8) is 0 Å². The number of carbonyl (C=O) groups excluding carboxylic acids is 2. The molecule has 2 amide bonds. The average Bonchev–Trinajstić information content (AvgIpc) is 2.92. The summed E-state index contributed by atoms with van der Waals surface area (Å²) < 4.78 is 11.1. The van der Waals surface area contributed by atoms with Gasteiger partial charge in [0.1, 0.15) is 17.1 Å². The van der Waals surface area contributed by atoms with Crippen molar-refractivity contribution in [1.82, 2.24) is 4.90 Å². The average molecular weight is 568 g/mol. The summed E-state index contributed by atoms with van der Waals surface area (Å²) in [5, 5.41) is 14.0. The van der Waals surface area contributed by atoms with E-state index in [1.807, 2.05) is 17.0 Å². The highest BCUT2D eigenvalue weighted by molar-refractivity contribution is 9.10. The first-order valence-electron chi connectivity index (χ1n) is 11.7. The van der Waals surface area contributed by atoms with Crippen molar-refractivity contribution in [1.29, 1.82) is 0 Å². The summed E-state index contributed by atoms with van der Waals surface area (Å²) in [6.07, 6.45) is 1.62. The van der Waals surface area contributed by atoms with E-state index in [1.165, 1.54) is 18.2 Å². The van der Waals surface area contributed by atoms with E-state index in [4.69, 9.17) is 9.47 Å². The van der Waals surface area contributed by atoms with Crippen molar-refractivity contribution in [3.05, 3.63) is 91.9 Å². The number of ether oxygens (including phenoxy) is 2. The number of methoxy groups -OCH3 is 2. The minimum absolute atomic E-state index is 0.0193. The van der Waals surface area contributed by atoms with Crippen LogP contribution in [0.3, 0.4) is 0 Å². The molecule has 0 aromatic heterocycles. The lowest BCUT2D eigenvalue weighted by atomic mass is 9.89. The highest BCUT2D eigenvalue weighted by atomic mass is 79.9. The number of amides is 2. The fraction of sp³-hybridized carbons (Fsp3) is 0.259. The number of hydrogen-bond acceptors (Lipinski definition) is 6. The predicted octanol–water partition coefficient (Wildman–Crippen LogP) is 5.65. The maximum absolute atomic E-state index is 13.1. The van der Waals surface area contributed by atoms with Crippen LogP contribution in [0.25, 0.3) is 0 Å². The van der Waals surface area contributed by atoms with Gasteiger partial charge in [-0.15, -0.1) is 0 Å². The molecule has 0 saturated carbocycles. The van der Waals surface area contributed by atoms with Crippen LogP contribution in [-0.4, -0.2) is 48.9 Å². The van der Waals surface area contributed by atoms with Gasteiger partial charge in [0, 0.05) is 40.9 Å². The third kappa shape index (κ3) is 6.08. The van der Waals surface area contributed by atoms with Crippen molar-refractivity contribution in [2.45, 2.75) is 18.8 Å². The summed E-state index contributed by atoms with van der Waals surface area (Å²) in [6.45, 7) is 1.24. The van der Waals surface area contributed by atoms with Gasteiger partial charge in [0.05, 0.1) is 19.1 Å². The van der Waals surface area contributed by atoms with Gasteiger partial charge in [0.2, 0.25) is 0 Å². The molecular formula is C27H26BrN3O6. The quantitative estimate of drug-likeness (QED) is 0.292. The number of piperidine rings is 1. The van der Waals surface area contributed by atoms with Gasteiger partial charge in [0.25, 0.3) is 17.5 Å². The maximum Gasteiger partial charge on any atom is 0.282 e. The van der Waals surface area contributed by atoms with Crippen LogP contribution in [0, 0.1) is 10.1 Å². The van der Waals surface area contributed by atoms with Gasteiger partial charge in [0.15, 0.2) is 0 Å². The van der Waals surface area contributed by atoms with Gasteiger partial charge in [-0.25, -0.2) is 0 Å². The number of nitro groups is 1. The monoisotopic (exact) mass is 567 g/mol. The second-order valence-electron chi connectivity index (χ2n) is 8.66. The summed E-state index contributed by atoms with van der Waals surface area (Å²) in [5.74, 6) is 0.801. The van der Waals surface area contributed by atoms with Gasteiger partial charge < -0.3 is 19.7 Å². The lowest BCUT2D eigenvalue weighted by Crippen LogP contribution is -2.37. The zero-order chi connectivity index (χ0) is 26.5. The molecule has 0 spiro atoms. The Hall–Kier alpha value is -3.92. The van der Waals surface area contributed by atoms with Gasteiger partial charge >= 0.3 is 0 Å². The molecule has 37 heavy (non-hydrogen) atoms. The third-order valence-electron chi connectivity index (χ3n) is 6.42. The molecule has 1 saturated heterocycles. The summed E-state index contributed by atoms with van der Waals surface area (Å²) in [6, 6.07) is 16.9. The summed E-state index contributed by atoms with van der Waals surface area (Å²) in [4.78, 5) is 38.3. The molecule has 3 aromatic carbocycles. The van der Waals surface area contributed by atoms with Gasteiger partial charge in [-0.05, 0) is 60.7 Å². The zero-order valence-electron chi connectivity index (χ0n) is 20.4. The Kier molecular flexibility index (Phi) is 8.08. The van der Waals surface area contributed by atoms with E-state index in [1.54, 1.807) is 44.6 Å². The number of nitrogens with zero attached hydrogens (tertiary/aromatic N) is 2. The number of nitrogens with one attached hydrogen (secondary N) is 1. The first-order chi connectivity index (χ1) is 17.8. The van der Waals surface area contributed by atoms with Crippen LogP contribution in [0.2, 0.25) is 0 Å². The first kappa shape index (κ1) is 26.2. The van der Waals surface area contributed by atoms with Crippen molar-refractivity contribution in [2.24, 2.45) is 0 Å². The smallest absolute Gasteiger partial charge is 0.282 e. The van der Waals surface area contributed by atoms with E-state index < -0.39 is 10.8 Å². The van der Waals surface area contributed by atoms with Crippen molar-refractivity contribution in [2.75, 3.05) is 32.6 Å². The highest BCUT2D eigenvalue weighted by Crippen LogP contribution is 2.31. The zero-order valence-corrected chi connectivity index (χ0v) is 22.0. The molecule has 9 nitrogen and oxygen atoms in total. The van der Waals surface area contributed by atoms with E-state index in [9.17, 15) is 19.7 Å². The Bertz CT molecular complexity index is 1300. The lowest BCUT2D eigenvalue weighted by molar-refractivity contribution is -0.385. The molecule has 0 atom stereocenters. The summed E-state index contributed by atoms with van der Waals surface area (Å²) in [5.41, 5.74) is 1.91. The van der Waals surface area contributed by atoms with Crippen LogP contribution < -0.4 is 14.8 Å². The van der Waals surface area contributed by atoms with Gasteiger partial charge in [-0.3, -0.25) is 19.7 Å². The Morgan fingerprint density at radius 3 is 2.16 bits per heavy atom. The summed E-state index contributed by atoms with van der Waals surface area (Å²) in [7, 11) is 3.10. The van der Waals surface area contributed by atoms with Gasteiger partial charge in [-0.2, -0.15) is 0 Å². The fourth-order valence-corrected chi connectivity index (χ4v) is 4.78. The molecule has 1 aliphatic heterocycles. The normalized spacial score (nSPS) is 13.6. The molecule has 1 fully saturated rings. The number of nitro benzene ring substituents is 1. The predicted molar refractivity (Wildman–Crippen MR) is 143 cm³/mol. The Morgan fingerprint density at radius 2 is 1.59 bits per heavy atom. The Labute approximate surface area is 222 Å². The molecule has 1 N–H and O–H groups in total. The van der Waals surface area contributed by atoms with Crippen LogP contribution in [0.5, 0.6) is 11.5 Å². The number of anilines is 1. The molecule has 0 bridgehead atoms. The molecule has 0 unspecified atom stereocenters. The minimum atomic E-state index is -0.577. The molecule has 4 rings (SSSR count). The van der Waals surface area contributed by atoms with E-state index in [0.717, 1.165) is 18.4 Å². The van der Waals surface area contributed by atoms with Crippen LogP contribution in [0.4, 0.5) is 11.4 Å². The van der Waals surface area contributed by atoms with Crippen molar-refractivity contribution in [3.8, 4) is 11.5 Å². The number of carbonyl (C=O) groups is 2. The molecule has 1 heterocycles. The molecule has 3 aromatic rings. The standard InChI is InChI=1S/C27H26BrN3O6/c1-36-22-13-19(14-23(16-22)37-2)27(33)30-11-9-18(10-12-30)17-3-6-21(7-4-17)29-26(32)24-15-20(28)5-8-25(24)31(34)35/h3-8,13-16,18H,9-12H2,1-2H3,(H,29,32). The highest BCUT2D eigenvalue weighted by Gasteiger charge is 2.26. The number of hydrogen-bond donors (Lipinski definition) is 1. The third-order valence-corrected chi connectivity index (χ3v) is 6.91. The maximum atomic E-state index is 13.1. The molecule has 0 aliphatic carbocycles. The second-order valence-corrected chi connectivity index (χ2v) is 9.58. The van der Waals surface area contributed by atoms with Crippen LogP contribution in [-0.2, 0) is 0 Å². The van der Waals surface area contributed by atoms with E-state index in [2.05, 4.69) is 21.2 Å². The number of likely N-dealkylation sites (tertiary alicyclic amines) is 1.